The molecule has 0 heteroatoms. The highest BCUT2D eigenvalue weighted by Crippen LogP contribution is 2.38. The molecule has 0 saturated heterocycles. The number of aryl methyl sites for hydroxylation is 1. The largest absolute Gasteiger partial charge is 0.0801 e. The van der Waals surface area contributed by atoms with Gasteiger partial charge in [0.15, 0.2) is 0 Å². The molecule has 0 atom stereocenters. The molecule has 0 saturated carbocycles. The molecular weight excluding hydrogens is 168 g/mol. The molecule has 14 heavy (non-hydrogen) atoms. The van der Waals surface area contributed by atoms with Crippen LogP contribution in [-0.4, -0.2) is 0 Å². The fourth-order valence-electron chi connectivity index (χ4n) is 2.36. The van der Waals surface area contributed by atoms with E-state index in [4.69, 9.17) is 6.58 Å². The summed E-state index contributed by atoms with van der Waals surface area (Å²) in [5.74, 6) is 0. The minimum atomic E-state index is 0.375. The Labute approximate surface area is 86.7 Å². The number of allylic oxidation sites excluding steroid dienone is 1. The Kier molecular flexibility index (Phi) is 2.22. The van der Waals surface area contributed by atoms with Crippen LogP contribution in [0.5, 0.6) is 0 Å². The maximum absolute atomic E-state index is 5.43. The maximum atomic E-state index is 5.43. The van der Waals surface area contributed by atoms with E-state index in [1.165, 1.54) is 29.5 Å². The van der Waals surface area contributed by atoms with Crippen molar-refractivity contribution in [2.75, 3.05) is 0 Å². The fourth-order valence-corrected chi connectivity index (χ4v) is 2.36. The molecule has 2 rings (SSSR count). The summed E-state index contributed by atoms with van der Waals surface area (Å²) in [6.07, 6.45) is 5.11. The highest BCUT2D eigenvalue weighted by Gasteiger charge is 2.29. The second-order valence-corrected chi connectivity index (χ2v) is 4.82. The Balaban J connectivity index is 2.39. The molecule has 0 nitrogen and oxygen atoms in total. The van der Waals surface area contributed by atoms with Gasteiger partial charge in [0.25, 0.3) is 0 Å². The average Bonchev–Trinajstić information content (AvgIpc) is 2.43. The SMILES string of the molecule is [CH]=CCc1ccc2c(c1)CCC2(C)C. The first-order chi connectivity index (χ1) is 6.63. The van der Waals surface area contributed by atoms with Gasteiger partial charge in [0, 0.05) is 0 Å². The van der Waals surface area contributed by atoms with E-state index in [0.29, 0.717) is 5.41 Å². The van der Waals surface area contributed by atoms with Gasteiger partial charge < -0.3 is 0 Å². The molecule has 1 radical (unpaired) electrons. The summed E-state index contributed by atoms with van der Waals surface area (Å²) in [5, 5.41) is 0. The molecule has 73 valence electrons. The number of benzene rings is 1. The van der Waals surface area contributed by atoms with E-state index in [9.17, 15) is 0 Å². The third-order valence-corrected chi connectivity index (χ3v) is 3.27. The third-order valence-electron chi connectivity index (χ3n) is 3.27. The first kappa shape index (κ1) is 9.51. The van der Waals surface area contributed by atoms with Crippen LogP contribution in [0.25, 0.3) is 0 Å². The zero-order valence-corrected chi connectivity index (χ0v) is 9.01. The van der Waals surface area contributed by atoms with Crippen molar-refractivity contribution in [3.63, 3.8) is 0 Å². The highest BCUT2D eigenvalue weighted by molar-refractivity contribution is 5.41. The van der Waals surface area contributed by atoms with Crippen LogP contribution in [0.1, 0.15) is 37.0 Å². The Morgan fingerprint density at radius 1 is 1.43 bits per heavy atom. The van der Waals surface area contributed by atoms with E-state index in [1.54, 1.807) is 6.08 Å². The molecule has 0 N–H and O–H groups in total. The van der Waals surface area contributed by atoms with Crippen molar-refractivity contribution in [3.8, 4) is 0 Å². The van der Waals surface area contributed by atoms with Gasteiger partial charge >= 0.3 is 0 Å². The second kappa shape index (κ2) is 3.27. The third kappa shape index (κ3) is 1.50. The van der Waals surface area contributed by atoms with Crippen molar-refractivity contribution in [1.82, 2.24) is 0 Å². The van der Waals surface area contributed by atoms with Crippen molar-refractivity contribution in [3.05, 3.63) is 47.5 Å². The predicted molar refractivity (Wildman–Crippen MR) is 60.4 cm³/mol. The molecule has 1 aliphatic carbocycles. The van der Waals surface area contributed by atoms with Crippen molar-refractivity contribution >= 4 is 0 Å². The lowest BCUT2D eigenvalue weighted by Gasteiger charge is -2.18. The summed E-state index contributed by atoms with van der Waals surface area (Å²) in [5.41, 5.74) is 4.76. The Bertz CT molecular complexity index is 358. The molecule has 0 amide bonds. The maximum Gasteiger partial charge on any atom is -0.00942 e. The van der Waals surface area contributed by atoms with Gasteiger partial charge in [0.1, 0.15) is 0 Å². The van der Waals surface area contributed by atoms with Crippen molar-refractivity contribution in [1.29, 1.82) is 0 Å². The summed E-state index contributed by atoms with van der Waals surface area (Å²) in [4.78, 5) is 0. The van der Waals surface area contributed by atoms with Crippen LogP contribution in [0.4, 0.5) is 0 Å². The van der Waals surface area contributed by atoms with Gasteiger partial charge in [-0.3, -0.25) is 0 Å². The van der Waals surface area contributed by atoms with Gasteiger partial charge in [-0.05, 0) is 41.4 Å². The molecular formula is C14H17. The van der Waals surface area contributed by atoms with Gasteiger partial charge in [0.2, 0.25) is 0 Å². The monoisotopic (exact) mass is 185 g/mol. The lowest BCUT2D eigenvalue weighted by molar-refractivity contribution is 0.522. The molecule has 1 aliphatic rings. The van der Waals surface area contributed by atoms with Crippen LogP contribution in [0, 0.1) is 6.58 Å². The molecule has 0 heterocycles. The van der Waals surface area contributed by atoms with Gasteiger partial charge in [-0.1, -0.05) is 44.7 Å². The average molecular weight is 185 g/mol. The smallest absolute Gasteiger partial charge is 0.00942 e. The van der Waals surface area contributed by atoms with Crippen LogP contribution in [0.2, 0.25) is 0 Å². The molecule has 0 spiro atoms. The van der Waals surface area contributed by atoms with E-state index in [0.717, 1.165) is 6.42 Å². The number of fused-ring (bicyclic) bond motifs is 1. The zero-order valence-electron chi connectivity index (χ0n) is 9.01. The second-order valence-electron chi connectivity index (χ2n) is 4.82. The van der Waals surface area contributed by atoms with Crippen molar-refractivity contribution < 1.29 is 0 Å². The molecule has 1 aromatic carbocycles. The summed E-state index contributed by atoms with van der Waals surface area (Å²) in [6, 6.07) is 6.80. The van der Waals surface area contributed by atoms with Crippen LogP contribution in [0.15, 0.2) is 24.3 Å². The molecule has 0 fully saturated rings. The Morgan fingerprint density at radius 3 is 2.93 bits per heavy atom. The zero-order chi connectivity index (χ0) is 10.2. The molecule has 0 aliphatic heterocycles. The lowest BCUT2D eigenvalue weighted by Crippen LogP contribution is -2.11. The minimum absolute atomic E-state index is 0.375. The normalized spacial score (nSPS) is 17.9. The summed E-state index contributed by atoms with van der Waals surface area (Å²) >= 11 is 0. The van der Waals surface area contributed by atoms with Gasteiger partial charge in [-0.15, -0.1) is 0 Å². The summed E-state index contributed by atoms with van der Waals surface area (Å²) in [7, 11) is 0. The molecule has 0 bridgehead atoms. The lowest BCUT2D eigenvalue weighted by atomic mass is 9.86. The number of rotatable bonds is 2. The molecule has 0 aromatic heterocycles. The van der Waals surface area contributed by atoms with E-state index in [-0.39, 0.29) is 0 Å². The number of hydrogen-bond donors (Lipinski definition) is 0. The molecule has 0 unspecified atom stereocenters. The van der Waals surface area contributed by atoms with Crippen LogP contribution in [-0.2, 0) is 18.3 Å². The van der Waals surface area contributed by atoms with E-state index < -0.39 is 0 Å². The first-order valence-corrected chi connectivity index (χ1v) is 5.29. The van der Waals surface area contributed by atoms with Crippen LogP contribution < -0.4 is 0 Å². The van der Waals surface area contributed by atoms with E-state index in [2.05, 4.69) is 32.0 Å². The quantitative estimate of drug-likeness (QED) is 0.662. The Hall–Kier alpha value is -1.04. The first-order valence-electron chi connectivity index (χ1n) is 5.29. The standard InChI is InChI=1S/C14H17/c1-4-5-11-6-7-13-12(10-11)8-9-14(13,2)3/h1,4,6-7,10H,5,8-9H2,2-3H3. The van der Waals surface area contributed by atoms with Crippen LogP contribution in [0.3, 0.4) is 0 Å². The van der Waals surface area contributed by atoms with Gasteiger partial charge in [-0.25, -0.2) is 0 Å². The number of hydrogen-bond acceptors (Lipinski definition) is 0. The highest BCUT2D eigenvalue weighted by atomic mass is 14.3. The van der Waals surface area contributed by atoms with E-state index in [1.807, 2.05) is 0 Å². The minimum Gasteiger partial charge on any atom is -0.0801 e. The van der Waals surface area contributed by atoms with Crippen molar-refractivity contribution in [2.45, 2.75) is 38.5 Å². The predicted octanol–water partition coefficient (Wildman–Crippen LogP) is 3.44. The summed E-state index contributed by atoms with van der Waals surface area (Å²) < 4.78 is 0. The van der Waals surface area contributed by atoms with Crippen LogP contribution >= 0.6 is 0 Å². The van der Waals surface area contributed by atoms with Gasteiger partial charge in [0.05, 0.1) is 0 Å². The topological polar surface area (TPSA) is 0 Å². The Morgan fingerprint density at radius 2 is 2.21 bits per heavy atom. The van der Waals surface area contributed by atoms with Gasteiger partial charge in [-0.2, -0.15) is 0 Å². The van der Waals surface area contributed by atoms with E-state index >= 15 is 0 Å². The summed E-state index contributed by atoms with van der Waals surface area (Å²) in [6.45, 7) is 10.1. The molecule has 1 aromatic rings. The van der Waals surface area contributed by atoms with Crippen molar-refractivity contribution in [2.24, 2.45) is 0 Å². The fraction of sp³-hybridized carbons (Fsp3) is 0.429.